The molecule has 3 rings (SSSR count). The van der Waals surface area contributed by atoms with Gasteiger partial charge >= 0.3 is 5.97 Å². The van der Waals surface area contributed by atoms with E-state index >= 15 is 0 Å². The van der Waals surface area contributed by atoms with Crippen LogP contribution in [0.4, 0.5) is 5.69 Å². The maximum atomic E-state index is 12.8. The van der Waals surface area contributed by atoms with Crippen LogP contribution >= 0.6 is 0 Å². The maximum Gasteiger partial charge on any atom is 0.338 e. The average Bonchev–Trinajstić information content (AvgIpc) is 2.86. The minimum absolute atomic E-state index is 0.165. The van der Waals surface area contributed by atoms with Gasteiger partial charge in [0.25, 0.3) is 10.0 Å². The van der Waals surface area contributed by atoms with Gasteiger partial charge in [0.1, 0.15) is 0 Å². The highest BCUT2D eigenvalue weighted by molar-refractivity contribution is 7.92. The second-order valence-electron chi connectivity index (χ2n) is 7.40. The number of hydrogen-bond donors (Lipinski definition) is 0. The molecule has 0 unspecified atom stereocenters. The molecule has 0 N–H and O–H groups in total. The molecule has 0 atom stereocenters. The van der Waals surface area contributed by atoms with Crippen molar-refractivity contribution in [2.24, 2.45) is 0 Å². The van der Waals surface area contributed by atoms with Crippen molar-refractivity contribution in [2.75, 3.05) is 32.2 Å². The molecule has 0 bridgehead atoms. The number of anilines is 1. The molecule has 9 heteroatoms. The Morgan fingerprint density at radius 2 is 1.41 bits per heavy atom. The summed E-state index contributed by atoms with van der Waals surface area (Å²) in [6.45, 7) is 1.41. The Bertz CT molecular complexity index is 1280. The third-order valence-corrected chi connectivity index (χ3v) is 6.99. The molecule has 0 aliphatic carbocycles. The fourth-order valence-electron chi connectivity index (χ4n) is 3.12. The first-order chi connectivity index (χ1) is 16.2. The smallest absolute Gasteiger partial charge is 0.338 e. The number of esters is 1. The van der Waals surface area contributed by atoms with Crippen molar-refractivity contribution in [3.8, 4) is 11.5 Å². The van der Waals surface area contributed by atoms with Crippen LogP contribution in [-0.2, 0) is 14.8 Å². The summed E-state index contributed by atoms with van der Waals surface area (Å²) in [4.78, 5) is 25.0. The van der Waals surface area contributed by atoms with Gasteiger partial charge in [-0.2, -0.15) is 0 Å². The van der Waals surface area contributed by atoms with Gasteiger partial charge in [0.05, 0.1) is 30.4 Å². The molecule has 0 heterocycles. The number of carbonyl (C=O) groups is 2. The summed E-state index contributed by atoms with van der Waals surface area (Å²) < 4.78 is 42.3. The van der Waals surface area contributed by atoms with Crippen molar-refractivity contribution < 1.29 is 32.2 Å². The predicted molar refractivity (Wildman–Crippen MR) is 127 cm³/mol. The Morgan fingerprint density at radius 3 is 2.00 bits per heavy atom. The van der Waals surface area contributed by atoms with Crippen LogP contribution in [-0.4, -0.2) is 48.0 Å². The molecule has 0 saturated heterocycles. The van der Waals surface area contributed by atoms with Crippen LogP contribution in [0.1, 0.15) is 26.3 Å². The normalized spacial score (nSPS) is 10.9. The second kappa shape index (κ2) is 10.4. The van der Waals surface area contributed by atoms with E-state index in [4.69, 9.17) is 14.2 Å². The quantitative estimate of drug-likeness (QED) is 0.336. The lowest BCUT2D eigenvalue weighted by atomic mass is 10.1. The first-order valence-corrected chi connectivity index (χ1v) is 11.7. The summed E-state index contributed by atoms with van der Waals surface area (Å²) in [5.74, 6) is -0.246. The molecule has 34 heavy (non-hydrogen) atoms. The SMILES string of the molecule is COc1ccc(C(=O)COC(=O)c2ccc(N(C)S(=O)(=O)c3ccc(C)cc3)cc2)cc1OC. The summed E-state index contributed by atoms with van der Waals surface area (Å²) in [6, 6.07) is 17.1. The molecular formula is C25H25NO7S. The van der Waals surface area contributed by atoms with Crippen LogP contribution in [0.15, 0.2) is 71.6 Å². The molecule has 0 aliphatic rings. The second-order valence-corrected chi connectivity index (χ2v) is 9.37. The maximum absolute atomic E-state index is 12.8. The minimum Gasteiger partial charge on any atom is -0.493 e. The molecule has 0 aromatic heterocycles. The number of sulfonamides is 1. The molecule has 0 radical (unpaired) electrons. The van der Waals surface area contributed by atoms with E-state index in [0.717, 1.165) is 9.87 Å². The number of aryl methyl sites for hydroxylation is 1. The van der Waals surface area contributed by atoms with Crippen LogP contribution in [0.25, 0.3) is 0 Å². The molecule has 0 saturated carbocycles. The Hall–Kier alpha value is -3.85. The van der Waals surface area contributed by atoms with Crippen LogP contribution in [0, 0.1) is 6.92 Å². The Morgan fingerprint density at radius 1 is 0.824 bits per heavy atom. The van der Waals surface area contributed by atoms with Crippen molar-refractivity contribution in [1.82, 2.24) is 0 Å². The van der Waals surface area contributed by atoms with Crippen molar-refractivity contribution in [2.45, 2.75) is 11.8 Å². The zero-order valence-corrected chi connectivity index (χ0v) is 20.1. The van der Waals surface area contributed by atoms with Gasteiger partial charge in [-0.1, -0.05) is 17.7 Å². The highest BCUT2D eigenvalue weighted by Crippen LogP contribution is 2.28. The predicted octanol–water partition coefficient (Wildman–Crippen LogP) is 3.88. The van der Waals surface area contributed by atoms with Crippen LogP contribution in [0.2, 0.25) is 0 Å². The summed E-state index contributed by atoms with van der Waals surface area (Å²) >= 11 is 0. The number of rotatable bonds is 9. The average molecular weight is 484 g/mol. The van der Waals surface area contributed by atoms with E-state index in [9.17, 15) is 18.0 Å². The van der Waals surface area contributed by atoms with Crippen molar-refractivity contribution in [3.05, 3.63) is 83.4 Å². The Labute approximate surface area is 198 Å². The molecule has 0 amide bonds. The zero-order valence-electron chi connectivity index (χ0n) is 19.3. The van der Waals surface area contributed by atoms with Crippen molar-refractivity contribution >= 4 is 27.5 Å². The van der Waals surface area contributed by atoms with E-state index in [0.29, 0.717) is 22.7 Å². The van der Waals surface area contributed by atoms with E-state index in [1.807, 2.05) is 6.92 Å². The first kappa shape index (κ1) is 24.8. The number of methoxy groups -OCH3 is 2. The van der Waals surface area contributed by atoms with Crippen molar-refractivity contribution in [3.63, 3.8) is 0 Å². The van der Waals surface area contributed by atoms with Gasteiger partial charge < -0.3 is 14.2 Å². The van der Waals surface area contributed by atoms with Crippen LogP contribution in [0.3, 0.4) is 0 Å². The van der Waals surface area contributed by atoms with E-state index < -0.39 is 28.4 Å². The lowest BCUT2D eigenvalue weighted by molar-refractivity contribution is 0.0474. The lowest BCUT2D eigenvalue weighted by Crippen LogP contribution is -2.26. The fraction of sp³-hybridized carbons (Fsp3) is 0.200. The molecule has 178 valence electrons. The summed E-state index contributed by atoms with van der Waals surface area (Å²) in [6.07, 6.45) is 0. The number of hydrogen-bond acceptors (Lipinski definition) is 7. The van der Waals surface area contributed by atoms with E-state index in [-0.39, 0.29) is 10.5 Å². The molecule has 3 aromatic carbocycles. The lowest BCUT2D eigenvalue weighted by Gasteiger charge is -2.19. The molecular weight excluding hydrogens is 458 g/mol. The fourth-order valence-corrected chi connectivity index (χ4v) is 4.32. The van der Waals surface area contributed by atoms with E-state index in [2.05, 4.69) is 0 Å². The van der Waals surface area contributed by atoms with Gasteiger partial charge in [-0.3, -0.25) is 9.10 Å². The van der Waals surface area contributed by atoms with Gasteiger partial charge in [-0.05, 0) is 61.5 Å². The van der Waals surface area contributed by atoms with Gasteiger partial charge in [0.15, 0.2) is 23.9 Å². The molecule has 8 nitrogen and oxygen atoms in total. The molecule has 0 spiro atoms. The molecule has 3 aromatic rings. The third kappa shape index (κ3) is 5.37. The summed E-state index contributed by atoms with van der Waals surface area (Å²) in [5.41, 5.74) is 1.82. The Balaban J connectivity index is 1.66. The Kier molecular flexibility index (Phi) is 7.57. The third-order valence-electron chi connectivity index (χ3n) is 5.19. The largest absolute Gasteiger partial charge is 0.493 e. The summed E-state index contributed by atoms with van der Waals surface area (Å²) in [5, 5.41) is 0. The molecule has 0 aliphatic heterocycles. The van der Waals surface area contributed by atoms with Crippen LogP contribution < -0.4 is 13.8 Å². The topological polar surface area (TPSA) is 99.2 Å². The summed E-state index contributed by atoms with van der Waals surface area (Å²) in [7, 11) is 0.629. The van der Waals surface area contributed by atoms with Gasteiger partial charge in [-0.15, -0.1) is 0 Å². The standard InChI is InChI=1S/C25H25NO7S/c1-17-5-12-21(13-6-17)34(29,30)26(2)20-10-7-18(8-11-20)25(28)33-16-22(27)19-9-14-23(31-3)24(15-19)32-4/h5-15H,16H2,1-4H3. The van der Waals surface area contributed by atoms with Gasteiger partial charge in [0.2, 0.25) is 0 Å². The zero-order chi connectivity index (χ0) is 24.9. The first-order valence-electron chi connectivity index (χ1n) is 10.3. The number of benzene rings is 3. The van der Waals surface area contributed by atoms with E-state index in [1.165, 1.54) is 51.6 Å². The highest BCUT2D eigenvalue weighted by Gasteiger charge is 2.21. The van der Waals surface area contributed by atoms with Crippen molar-refractivity contribution in [1.29, 1.82) is 0 Å². The van der Waals surface area contributed by atoms with Gasteiger partial charge in [0, 0.05) is 12.6 Å². The number of carbonyl (C=O) groups excluding carboxylic acids is 2. The van der Waals surface area contributed by atoms with Gasteiger partial charge in [-0.25, -0.2) is 13.2 Å². The molecule has 0 fully saturated rings. The number of ether oxygens (including phenoxy) is 3. The number of nitrogens with zero attached hydrogens (tertiary/aromatic N) is 1. The van der Waals surface area contributed by atoms with Crippen LogP contribution in [0.5, 0.6) is 11.5 Å². The van der Waals surface area contributed by atoms with E-state index in [1.54, 1.807) is 36.4 Å². The number of Topliss-reactive ketones (excluding diaryl/α,β-unsaturated/α-hetero) is 1. The highest BCUT2D eigenvalue weighted by atomic mass is 32.2. The monoisotopic (exact) mass is 483 g/mol. The minimum atomic E-state index is -3.75. The number of ketones is 1.